The van der Waals surface area contributed by atoms with Crippen LogP contribution in [0.4, 0.5) is 14.5 Å². The number of benzene rings is 2. The summed E-state index contributed by atoms with van der Waals surface area (Å²) in [6.07, 6.45) is 3.67. The molecule has 1 amide bonds. The van der Waals surface area contributed by atoms with Gasteiger partial charge in [0, 0.05) is 36.7 Å². The lowest BCUT2D eigenvalue weighted by atomic mass is 10.0. The van der Waals surface area contributed by atoms with E-state index in [1.165, 1.54) is 30.3 Å². The lowest BCUT2D eigenvalue weighted by Crippen LogP contribution is -2.33. The fraction of sp³-hybridized carbons (Fsp3) is 0.148. The molecule has 2 N–H and O–H groups in total. The number of thiocarbonyl (C=S) groups is 1. The number of halogens is 2. The highest BCUT2D eigenvalue weighted by atomic mass is 32.1. The van der Waals surface area contributed by atoms with Crippen molar-refractivity contribution in [3.05, 3.63) is 114 Å². The molecule has 2 aromatic carbocycles. The van der Waals surface area contributed by atoms with Crippen molar-refractivity contribution in [3.8, 4) is 5.69 Å². The van der Waals surface area contributed by atoms with Gasteiger partial charge in [0.1, 0.15) is 11.6 Å². The van der Waals surface area contributed by atoms with E-state index in [9.17, 15) is 13.6 Å². The first-order valence-corrected chi connectivity index (χ1v) is 11.9. The zero-order valence-electron chi connectivity index (χ0n) is 19.1. The van der Waals surface area contributed by atoms with Gasteiger partial charge >= 0.3 is 0 Å². The molecule has 1 fully saturated rings. The van der Waals surface area contributed by atoms with E-state index in [0.717, 1.165) is 11.4 Å². The summed E-state index contributed by atoms with van der Waals surface area (Å²) in [5, 5.41) is 6.61. The maximum Gasteiger partial charge on any atom is 0.226 e. The van der Waals surface area contributed by atoms with Crippen LogP contribution in [0.3, 0.4) is 0 Å². The predicted molar refractivity (Wildman–Crippen MR) is 138 cm³/mol. The van der Waals surface area contributed by atoms with Crippen LogP contribution in [0.15, 0.2) is 91.3 Å². The van der Waals surface area contributed by atoms with E-state index in [0.29, 0.717) is 23.0 Å². The lowest BCUT2D eigenvalue weighted by Gasteiger charge is -2.29. The van der Waals surface area contributed by atoms with Crippen LogP contribution in [0.5, 0.6) is 0 Å². The molecule has 0 aliphatic carbocycles. The average molecular weight is 504 g/mol. The molecule has 0 bridgehead atoms. The highest BCUT2D eigenvalue weighted by molar-refractivity contribution is 7.80. The van der Waals surface area contributed by atoms with Gasteiger partial charge in [0.05, 0.1) is 23.5 Å². The van der Waals surface area contributed by atoms with Crippen LogP contribution >= 0.6 is 12.2 Å². The zero-order chi connectivity index (χ0) is 25.1. The molecule has 0 spiro atoms. The first kappa shape index (κ1) is 23.6. The standard InChI is InChI=1S/C27H23F2N5OS/c28-18-10-12-19(13-11-18)31-24(35)14-17-34-26(25(32-27(34)36)21-7-3-4-15-30-21)23-9-5-16-33(23)22-8-2-1-6-20(22)29/h1-13,15-16,25-26H,14,17H2,(H,31,35)(H,32,36). The second-order valence-electron chi connectivity index (χ2n) is 8.38. The summed E-state index contributed by atoms with van der Waals surface area (Å²) in [5.74, 6) is -0.945. The highest BCUT2D eigenvalue weighted by Crippen LogP contribution is 2.39. The Labute approximate surface area is 212 Å². The van der Waals surface area contributed by atoms with Gasteiger partial charge < -0.3 is 20.1 Å². The second kappa shape index (κ2) is 10.2. The quantitative estimate of drug-likeness (QED) is 0.342. The third-order valence-electron chi connectivity index (χ3n) is 6.10. The molecular formula is C27H23F2N5OS. The van der Waals surface area contributed by atoms with Crippen molar-refractivity contribution in [2.24, 2.45) is 0 Å². The van der Waals surface area contributed by atoms with Gasteiger partial charge in [-0.15, -0.1) is 0 Å². The number of hydrogen-bond acceptors (Lipinski definition) is 3. The summed E-state index contributed by atoms with van der Waals surface area (Å²) in [6.45, 7) is 0.315. The Kier molecular flexibility index (Phi) is 6.73. The Morgan fingerprint density at radius 3 is 2.53 bits per heavy atom. The Morgan fingerprint density at radius 2 is 1.78 bits per heavy atom. The zero-order valence-corrected chi connectivity index (χ0v) is 20.0. The molecule has 2 unspecified atom stereocenters. The summed E-state index contributed by atoms with van der Waals surface area (Å²) in [7, 11) is 0. The van der Waals surface area contributed by atoms with Crippen molar-refractivity contribution in [1.29, 1.82) is 0 Å². The van der Waals surface area contributed by atoms with Gasteiger partial charge in [0.15, 0.2) is 5.11 Å². The van der Waals surface area contributed by atoms with Crippen molar-refractivity contribution >= 4 is 28.9 Å². The molecular weight excluding hydrogens is 480 g/mol. The number of para-hydroxylation sites is 1. The minimum absolute atomic E-state index is 0.144. The number of carbonyl (C=O) groups excluding carboxylic acids is 1. The van der Waals surface area contributed by atoms with E-state index < -0.39 is 0 Å². The third-order valence-corrected chi connectivity index (χ3v) is 6.45. The number of aromatic nitrogens is 2. The van der Waals surface area contributed by atoms with Crippen molar-refractivity contribution in [3.63, 3.8) is 0 Å². The summed E-state index contributed by atoms with van der Waals surface area (Å²) >= 11 is 5.68. The van der Waals surface area contributed by atoms with E-state index in [2.05, 4.69) is 15.6 Å². The average Bonchev–Trinajstić information content (AvgIpc) is 3.49. The molecule has 182 valence electrons. The molecule has 9 heteroatoms. The van der Waals surface area contributed by atoms with Crippen LogP contribution in [0, 0.1) is 11.6 Å². The summed E-state index contributed by atoms with van der Waals surface area (Å²) in [5.41, 5.74) is 2.52. The topological polar surface area (TPSA) is 62.2 Å². The number of rotatable bonds is 7. The summed E-state index contributed by atoms with van der Waals surface area (Å²) < 4.78 is 29.7. The van der Waals surface area contributed by atoms with Crippen LogP contribution < -0.4 is 10.6 Å². The van der Waals surface area contributed by atoms with Crippen LogP contribution in [-0.2, 0) is 4.79 Å². The van der Waals surface area contributed by atoms with E-state index in [4.69, 9.17) is 12.2 Å². The maximum atomic E-state index is 14.7. The van der Waals surface area contributed by atoms with E-state index in [1.807, 2.05) is 41.4 Å². The molecule has 1 saturated heterocycles. The molecule has 4 aromatic rings. The number of anilines is 1. The molecule has 2 aromatic heterocycles. The largest absolute Gasteiger partial charge is 0.352 e. The van der Waals surface area contributed by atoms with Gasteiger partial charge in [-0.05, 0) is 72.9 Å². The first-order chi connectivity index (χ1) is 17.5. The Bertz CT molecular complexity index is 1380. The van der Waals surface area contributed by atoms with E-state index in [-0.39, 0.29) is 36.0 Å². The predicted octanol–water partition coefficient (Wildman–Crippen LogP) is 5.15. The Hall–Kier alpha value is -4.11. The van der Waals surface area contributed by atoms with E-state index >= 15 is 0 Å². The summed E-state index contributed by atoms with van der Waals surface area (Å²) in [4.78, 5) is 19.1. The van der Waals surface area contributed by atoms with Crippen molar-refractivity contribution < 1.29 is 13.6 Å². The van der Waals surface area contributed by atoms with Gasteiger partial charge in [0.25, 0.3) is 0 Å². The number of hydrogen-bond donors (Lipinski definition) is 2. The number of amides is 1. The third kappa shape index (κ3) is 4.83. The molecule has 36 heavy (non-hydrogen) atoms. The summed E-state index contributed by atoms with van der Waals surface area (Å²) in [6, 6.07) is 21.0. The van der Waals surface area contributed by atoms with Crippen LogP contribution in [0.2, 0.25) is 0 Å². The monoisotopic (exact) mass is 503 g/mol. The highest BCUT2D eigenvalue weighted by Gasteiger charge is 2.41. The smallest absolute Gasteiger partial charge is 0.226 e. The van der Waals surface area contributed by atoms with Crippen molar-refractivity contribution in [2.75, 3.05) is 11.9 Å². The van der Waals surface area contributed by atoms with Crippen LogP contribution in [0.25, 0.3) is 5.69 Å². The second-order valence-corrected chi connectivity index (χ2v) is 8.77. The molecule has 0 radical (unpaired) electrons. The molecule has 3 heterocycles. The number of carbonyl (C=O) groups is 1. The molecule has 1 aliphatic rings. The molecule has 1 aliphatic heterocycles. The first-order valence-electron chi connectivity index (χ1n) is 11.5. The normalized spacial score (nSPS) is 17.2. The molecule has 0 saturated carbocycles. The van der Waals surface area contributed by atoms with Gasteiger partial charge in [-0.3, -0.25) is 9.78 Å². The number of nitrogens with zero attached hydrogens (tertiary/aromatic N) is 3. The Balaban J connectivity index is 1.44. The molecule has 5 rings (SSSR count). The maximum absolute atomic E-state index is 14.7. The fourth-order valence-electron chi connectivity index (χ4n) is 4.45. The SMILES string of the molecule is O=C(CCN1C(=S)NC(c2ccccn2)C1c1cccn1-c1ccccc1F)Nc1ccc(F)cc1. The van der Waals surface area contributed by atoms with Gasteiger partial charge in [-0.1, -0.05) is 18.2 Å². The van der Waals surface area contributed by atoms with Gasteiger partial charge in [0.2, 0.25) is 5.91 Å². The van der Waals surface area contributed by atoms with Crippen molar-refractivity contribution in [1.82, 2.24) is 19.8 Å². The molecule has 6 nitrogen and oxygen atoms in total. The Morgan fingerprint density at radius 1 is 1.00 bits per heavy atom. The molecule has 2 atom stereocenters. The minimum Gasteiger partial charge on any atom is -0.352 e. The van der Waals surface area contributed by atoms with Gasteiger partial charge in [-0.25, -0.2) is 8.78 Å². The van der Waals surface area contributed by atoms with Crippen LogP contribution in [-0.4, -0.2) is 32.0 Å². The van der Waals surface area contributed by atoms with E-state index in [1.54, 1.807) is 29.0 Å². The fourth-order valence-corrected chi connectivity index (χ4v) is 4.78. The number of nitrogens with one attached hydrogen (secondary N) is 2. The van der Waals surface area contributed by atoms with Crippen molar-refractivity contribution in [2.45, 2.75) is 18.5 Å². The minimum atomic E-state index is -0.372. The van der Waals surface area contributed by atoms with Gasteiger partial charge in [-0.2, -0.15) is 0 Å². The van der Waals surface area contributed by atoms with Crippen LogP contribution in [0.1, 0.15) is 29.9 Å². The number of pyridine rings is 1. The lowest BCUT2D eigenvalue weighted by molar-refractivity contribution is -0.116.